The van der Waals surface area contributed by atoms with E-state index in [0.29, 0.717) is 6.54 Å². The van der Waals surface area contributed by atoms with Gasteiger partial charge in [-0.1, -0.05) is 13.0 Å². The Hall–Kier alpha value is -0.970. The molecule has 3 nitrogen and oxygen atoms in total. The molecule has 2 rings (SSSR count). The fourth-order valence-corrected chi connectivity index (χ4v) is 2.72. The van der Waals surface area contributed by atoms with Crippen LogP contribution in [0.5, 0.6) is 0 Å². The Morgan fingerprint density at radius 2 is 2.32 bits per heavy atom. The number of benzene rings is 1. The summed E-state index contributed by atoms with van der Waals surface area (Å²) in [7, 11) is 0. The Balaban J connectivity index is 2.21. The molecule has 2 unspecified atom stereocenters. The molecule has 0 spiro atoms. The number of nitrogens with two attached hydrogens (primary N) is 1. The van der Waals surface area contributed by atoms with Crippen molar-refractivity contribution >= 4 is 0 Å². The predicted molar refractivity (Wildman–Crippen MR) is 74.5 cm³/mol. The summed E-state index contributed by atoms with van der Waals surface area (Å²) in [6.07, 6.45) is 1.26. The highest BCUT2D eigenvalue weighted by atomic mass is 19.1. The lowest BCUT2D eigenvalue weighted by molar-refractivity contribution is -0.0438. The zero-order chi connectivity index (χ0) is 13.8. The average molecular weight is 266 g/mol. The van der Waals surface area contributed by atoms with Crippen molar-refractivity contribution in [1.29, 1.82) is 0 Å². The summed E-state index contributed by atoms with van der Waals surface area (Å²) in [4.78, 5) is 2.32. The molecule has 2 N–H and O–H groups in total. The molecular weight excluding hydrogens is 243 g/mol. The monoisotopic (exact) mass is 266 g/mol. The second kappa shape index (κ2) is 6.46. The quantitative estimate of drug-likeness (QED) is 0.908. The lowest BCUT2D eigenvalue weighted by atomic mass is 9.98. The van der Waals surface area contributed by atoms with Gasteiger partial charge in [-0.05, 0) is 36.6 Å². The minimum absolute atomic E-state index is 0.0775. The molecule has 1 saturated heterocycles. The smallest absolute Gasteiger partial charge is 0.123 e. The molecule has 4 heteroatoms. The van der Waals surface area contributed by atoms with Crippen LogP contribution < -0.4 is 5.73 Å². The van der Waals surface area contributed by atoms with Crippen molar-refractivity contribution in [2.75, 3.05) is 26.2 Å². The van der Waals surface area contributed by atoms with Crippen molar-refractivity contribution in [3.05, 3.63) is 35.1 Å². The van der Waals surface area contributed by atoms with E-state index in [-0.39, 0.29) is 18.0 Å². The van der Waals surface area contributed by atoms with E-state index < -0.39 is 0 Å². The zero-order valence-corrected chi connectivity index (χ0v) is 11.7. The number of halogens is 1. The maximum atomic E-state index is 13.5. The van der Waals surface area contributed by atoms with Gasteiger partial charge in [-0.3, -0.25) is 4.90 Å². The molecule has 0 aliphatic carbocycles. The largest absolute Gasteiger partial charge is 0.376 e. The van der Waals surface area contributed by atoms with E-state index in [4.69, 9.17) is 10.5 Å². The van der Waals surface area contributed by atoms with E-state index in [9.17, 15) is 4.39 Å². The summed E-state index contributed by atoms with van der Waals surface area (Å²) < 4.78 is 19.2. The van der Waals surface area contributed by atoms with E-state index in [0.717, 1.165) is 37.2 Å². The molecule has 0 bridgehead atoms. The second-order valence-corrected chi connectivity index (χ2v) is 5.15. The average Bonchev–Trinajstić information content (AvgIpc) is 2.44. The summed E-state index contributed by atoms with van der Waals surface area (Å²) in [5.41, 5.74) is 8.03. The van der Waals surface area contributed by atoms with Gasteiger partial charge in [0.05, 0.1) is 12.7 Å². The highest BCUT2D eigenvalue weighted by Crippen LogP contribution is 2.26. The molecule has 1 heterocycles. The van der Waals surface area contributed by atoms with Gasteiger partial charge in [0.25, 0.3) is 0 Å². The first kappa shape index (κ1) is 14.4. The van der Waals surface area contributed by atoms with Crippen molar-refractivity contribution < 1.29 is 9.13 Å². The highest BCUT2D eigenvalue weighted by Gasteiger charge is 2.26. The first-order valence-corrected chi connectivity index (χ1v) is 6.97. The third-order valence-corrected chi connectivity index (χ3v) is 3.89. The van der Waals surface area contributed by atoms with Crippen molar-refractivity contribution in [1.82, 2.24) is 4.90 Å². The van der Waals surface area contributed by atoms with Gasteiger partial charge in [0.2, 0.25) is 0 Å². The van der Waals surface area contributed by atoms with Crippen LogP contribution in [0, 0.1) is 12.7 Å². The Labute approximate surface area is 114 Å². The van der Waals surface area contributed by atoms with E-state index in [2.05, 4.69) is 11.8 Å². The Kier molecular flexibility index (Phi) is 4.91. The van der Waals surface area contributed by atoms with Crippen LogP contribution in [0.15, 0.2) is 18.2 Å². The van der Waals surface area contributed by atoms with Gasteiger partial charge >= 0.3 is 0 Å². The second-order valence-electron chi connectivity index (χ2n) is 5.15. The molecule has 0 radical (unpaired) electrons. The van der Waals surface area contributed by atoms with E-state index in [1.54, 1.807) is 6.07 Å². The third kappa shape index (κ3) is 3.32. The van der Waals surface area contributed by atoms with Crippen LogP contribution in [-0.4, -0.2) is 37.2 Å². The number of ether oxygens (including phenoxy) is 1. The zero-order valence-electron chi connectivity index (χ0n) is 11.7. The number of morpholine rings is 1. The normalized spacial score (nSPS) is 22.4. The van der Waals surface area contributed by atoms with Crippen LogP contribution in [-0.2, 0) is 4.74 Å². The summed E-state index contributed by atoms with van der Waals surface area (Å²) in [5.74, 6) is -0.195. The molecule has 1 aliphatic heterocycles. The summed E-state index contributed by atoms with van der Waals surface area (Å²) >= 11 is 0. The van der Waals surface area contributed by atoms with Crippen LogP contribution in [0.2, 0.25) is 0 Å². The topological polar surface area (TPSA) is 38.5 Å². The fourth-order valence-electron chi connectivity index (χ4n) is 2.72. The van der Waals surface area contributed by atoms with Crippen LogP contribution in [0.25, 0.3) is 0 Å². The lowest BCUT2D eigenvalue weighted by Crippen LogP contribution is -2.46. The van der Waals surface area contributed by atoms with Crippen molar-refractivity contribution in [3.63, 3.8) is 0 Å². The van der Waals surface area contributed by atoms with Gasteiger partial charge in [-0.15, -0.1) is 0 Å². The van der Waals surface area contributed by atoms with Crippen molar-refractivity contribution in [3.8, 4) is 0 Å². The summed E-state index contributed by atoms with van der Waals surface area (Å²) in [6, 6.07) is 5.02. The van der Waals surface area contributed by atoms with E-state index in [1.165, 1.54) is 6.07 Å². The Bertz CT molecular complexity index is 425. The number of aryl methyl sites for hydroxylation is 1. The molecule has 0 saturated carbocycles. The Morgan fingerprint density at radius 1 is 1.53 bits per heavy atom. The summed E-state index contributed by atoms with van der Waals surface area (Å²) in [6.45, 7) is 7.08. The minimum Gasteiger partial charge on any atom is -0.376 e. The maximum absolute atomic E-state index is 13.5. The molecule has 2 atom stereocenters. The molecule has 106 valence electrons. The van der Waals surface area contributed by atoms with E-state index in [1.807, 2.05) is 13.0 Å². The van der Waals surface area contributed by atoms with Gasteiger partial charge in [0, 0.05) is 25.7 Å². The van der Waals surface area contributed by atoms with Crippen molar-refractivity contribution in [2.45, 2.75) is 32.4 Å². The SMILES string of the molecule is CCC1CN(C(CN)c2cc(F)ccc2C)CCO1. The fraction of sp³-hybridized carbons (Fsp3) is 0.600. The number of nitrogens with zero attached hydrogens (tertiary/aromatic N) is 1. The van der Waals surface area contributed by atoms with Gasteiger partial charge in [-0.2, -0.15) is 0 Å². The van der Waals surface area contributed by atoms with Gasteiger partial charge < -0.3 is 10.5 Å². The first-order valence-electron chi connectivity index (χ1n) is 6.97. The maximum Gasteiger partial charge on any atom is 0.123 e. The van der Waals surface area contributed by atoms with E-state index >= 15 is 0 Å². The molecule has 19 heavy (non-hydrogen) atoms. The third-order valence-electron chi connectivity index (χ3n) is 3.89. The molecule has 1 aliphatic rings. The predicted octanol–water partition coefficient (Wildman–Crippen LogP) is 2.24. The first-order chi connectivity index (χ1) is 9.15. The molecule has 1 fully saturated rings. The summed E-state index contributed by atoms with van der Waals surface area (Å²) in [5, 5.41) is 0. The number of hydrogen-bond donors (Lipinski definition) is 1. The standard InChI is InChI=1S/C15H23FN2O/c1-3-13-10-18(6-7-19-13)15(9-17)14-8-12(16)5-4-11(14)2/h4-5,8,13,15H,3,6-7,9-10,17H2,1-2H3. The molecular formula is C15H23FN2O. The van der Waals surface area contributed by atoms with Gasteiger partial charge in [-0.25, -0.2) is 4.39 Å². The highest BCUT2D eigenvalue weighted by molar-refractivity contribution is 5.30. The van der Waals surface area contributed by atoms with Gasteiger partial charge in [0.1, 0.15) is 5.82 Å². The van der Waals surface area contributed by atoms with Crippen LogP contribution in [0.3, 0.4) is 0 Å². The minimum atomic E-state index is -0.195. The van der Waals surface area contributed by atoms with Crippen LogP contribution in [0.1, 0.15) is 30.5 Å². The molecule has 1 aromatic carbocycles. The number of rotatable bonds is 4. The lowest BCUT2D eigenvalue weighted by Gasteiger charge is -2.38. The van der Waals surface area contributed by atoms with Gasteiger partial charge in [0.15, 0.2) is 0 Å². The number of hydrogen-bond acceptors (Lipinski definition) is 3. The molecule has 0 aromatic heterocycles. The van der Waals surface area contributed by atoms with Crippen LogP contribution in [0.4, 0.5) is 4.39 Å². The molecule has 1 aromatic rings. The molecule has 0 amide bonds. The Morgan fingerprint density at radius 3 is 3.00 bits per heavy atom. The van der Waals surface area contributed by atoms with Crippen molar-refractivity contribution in [2.24, 2.45) is 5.73 Å². The van der Waals surface area contributed by atoms with Crippen LogP contribution >= 0.6 is 0 Å².